The zero-order valence-electron chi connectivity index (χ0n) is 21.4. The highest BCUT2D eigenvalue weighted by Crippen LogP contribution is 2.41. The molecule has 1 unspecified atom stereocenters. The van der Waals surface area contributed by atoms with E-state index in [4.69, 9.17) is 13.6 Å². The minimum Gasteiger partial charge on any atom is -0.414 e. The maximum absolute atomic E-state index is 12.5. The van der Waals surface area contributed by atoms with Crippen molar-refractivity contribution in [3.8, 4) is 0 Å². The monoisotopic (exact) mass is 472 g/mol. The van der Waals surface area contributed by atoms with Crippen LogP contribution in [-0.4, -0.2) is 65.1 Å². The number of nitrogens with zero attached hydrogens (tertiary/aromatic N) is 1. The van der Waals surface area contributed by atoms with Crippen molar-refractivity contribution in [1.29, 1.82) is 0 Å². The molecule has 180 valence electrons. The SMILES string of the molecule is CC1CN([C@H]2C[C@H](O[Si](C)(C)C(C)(C)C)[C@@H](CO[Si](C)(C)C(C)(C)C)O2)C(=O)NC1=O. The van der Waals surface area contributed by atoms with Crippen molar-refractivity contribution in [2.24, 2.45) is 5.92 Å². The van der Waals surface area contributed by atoms with Crippen LogP contribution in [-0.2, 0) is 18.4 Å². The third-order valence-corrected chi connectivity index (χ3v) is 16.6. The molecule has 0 aromatic heterocycles. The Hall–Kier alpha value is -0.746. The molecule has 0 aromatic rings. The van der Waals surface area contributed by atoms with Gasteiger partial charge in [-0.1, -0.05) is 48.5 Å². The summed E-state index contributed by atoms with van der Waals surface area (Å²) >= 11 is 0. The van der Waals surface area contributed by atoms with Crippen molar-refractivity contribution >= 4 is 28.6 Å². The highest BCUT2D eigenvalue weighted by Gasteiger charge is 2.48. The molecule has 2 fully saturated rings. The molecule has 0 radical (unpaired) electrons. The Labute approximate surface area is 190 Å². The summed E-state index contributed by atoms with van der Waals surface area (Å²) in [5, 5.41) is 2.62. The predicted molar refractivity (Wildman–Crippen MR) is 128 cm³/mol. The fourth-order valence-corrected chi connectivity index (χ4v) is 5.61. The summed E-state index contributed by atoms with van der Waals surface area (Å²) in [6.45, 7) is 24.9. The van der Waals surface area contributed by atoms with Gasteiger partial charge in [-0.3, -0.25) is 15.0 Å². The van der Waals surface area contributed by atoms with Gasteiger partial charge in [-0.25, -0.2) is 4.79 Å². The molecular weight excluding hydrogens is 428 g/mol. The molecule has 3 amide bonds. The van der Waals surface area contributed by atoms with E-state index < -0.39 is 22.9 Å². The van der Waals surface area contributed by atoms with E-state index in [1.807, 2.05) is 6.92 Å². The Kier molecular flexibility index (Phi) is 7.60. The second-order valence-electron chi connectivity index (χ2n) is 12.2. The van der Waals surface area contributed by atoms with Crippen LogP contribution in [0.1, 0.15) is 54.9 Å². The highest BCUT2D eigenvalue weighted by atomic mass is 28.4. The van der Waals surface area contributed by atoms with Crippen LogP contribution in [0.4, 0.5) is 4.79 Å². The Bertz CT molecular complexity index is 684. The molecular formula is C22H44N2O5Si2. The fourth-order valence-electron chi connectivity index (χ4n) is 3.24. The van der Waals surface area contributed by atoms with Gasteiger partial charge < -0.3 is 13.6 Å². The number of amides is 3. The second-order valence-corrected chi connectivity index (χ2v) is 21.8. The minimum atomic E-state index is -2.04. The summed E-state index contributed by atoms with van der Waals surface area (Å²) < 4.78 is 19.6. The molecule has 0 saturated carbocycles. The van der Waals surface area contributed by atoms with Crippen molar-refractivity contribution in [1.82, 2.24) is 10.2 Å². The van der Waals surface area contributed by atoms with Gasteiger partial charge >= 0.3 is 6.03 Å². The summed E-state index contributed by atoms with van der Waals surface area (Å²) in [6.07, 6.45) is -0.212. The molecule has 31 heavy (non-hydrogen) atoms. The van der Waals surface area contributed by atoms with E-state index in [-0.39, 0.29) is 40.1 Å². The first-order valence-corrected chi connectivity index (χ1v) is 17.3. The van der Waals surface area contributed by atoms with Gasteiger partial charge in [0.05, 0.1) is 18.6 Å². The molecule has 2 heterocycles. The number of ether oxygens (including phenoxy) is 1. The smallest absolute Gasteiger partial charge is 0.326 e. The molecule has 0 aromatic carbocycles. The van der Waals surface area contributed by atoms with Crippen LogP contribution in [0.15, 0.2) is 0 Å². The van der Waals surface area contributed by atoms with E-state index in [2.05, 4.69) is 73.0 Å². The Morgan fingerprint density at radius 2 is 1.58 bits per heavy atom. The van der Waals surface area contributed by atoms with Crippen LogP contribution < -0.4 is 5.32 Å². The fraction of sp³-hybridized carbons (Fsp3) is 0.909. The molecule has 1 N–H and O–H groups in total. The maximum atomic E-state index is 12.5. The number of rotatable bonds is 6. The first-order chi connectivity index (χ1) is 13.9. The van der Waals surface area contributed by atoms with Gasteiger partial charge in [0, 0.05) is 13.0 Å². The predicted octanol–water partition coefficient (Wildman–Crippen LogP) is 4.70. The van der Waals surface area contributed by atoms with Gasteiger partial charge in [-0.05, 0) is 36.3 Å². The van der Waals surface area contributed by atoms with E-state index in [1.54, 1.807) is 4.90 Å². The van der Waals surface area contributed by atoms with Crippen LogP contribution in [0.2, 0.25) is 36.3 Å². The quantitative estimate of drug-likeness (QED) is 0.567. The third kappa shape index (κ3) is 5.99. The zero-order chi connectivity index (χ0) is 24.0. The van der Waals surface area contributed by atoms with Crippen molar-refractivity contribution in [3.05, 3.63) is 0 Å². The summed E-state index contributed by atoms with van der Waals surface area (Å²) in [4.78, 5) is 26.0. The van der Waals surface area contributed by atoms with E-state index in [0.717, 1.165) is 0 Å². The number of nitrogens with one attached hydrogen (secondary N) is 1. The van der Waals surface area contributed by atoms with Gasteiger partial charge in [0.25, 0.3) is 0 Å². The number of carbonyl (C=O) groups is 2. The van der Waals surface area contributed by atoms with Gasteiger partial charge in [0.1, 0.15) is 12.3 Å². The molecule has 2 rings (SSSR count). The van der Waals surface area contributed by atoms with Crippen molar-refractivity contribution in [2.45, 2.75) is 110 Å². The van der Waals surface area contributed by atoms with E-state index in [0.29, 0.717) is 19.6 Å². The van der Waals surface area contributed by atoms with Crippen LogP contribution in [0.3, 0.4) is 0 Å². The molecule has 2 saturated heterocycles. The first-order valence-electron chi connectivity index (χ1n) is 11.4. The highest BCUT2D eigenvalue weighted by molar-refractivity contribution is 6.74. The van der Waals surface area contributed by atoms with Crippen molar-refractivity contribution < 1.29 is 23.2 Å². The van der Waals surface area contributed by atoms with Gasteiger partial charge in [0.2, 0.25) is 5.91 Å². The topological polar surface area (TPSA) is 77.1 Å². The van der Waals surface area contributed by atoms with Crippen LogP contribution in [0, 0.1) is 5.92 Å². The largest absolute Gasteiger partial charge is 0.414 e. The average molecular weight is 473 g/mol. The normalized spacial score (nSPS) is 28.8. The van der Waals surface area contributed by atoms with Gasteiger partial charge in [-0.2, -0.15) is 0 Å². The van der Waals surface area contributed by atoms with Crippen molar-refractivity contribution in [3.63, 3.8) is 0 Å². The minimum absolute atomic E-state index is 0.0688. The molecule has 0 aliphatic carbocycles. The van der Waals surface area contributed by atoms with Crippen molar-refractivity contribution in [2.75, 3.05) is 13.2 Å². The average Bonchev–Trinajstić information content (AvgIpc) is 2.96. The van der Waals surface area contributed by atoms with Gasteiger partial charge in [-0.15, -0.1) is 0 Å². The standard InChI is InChI=1S/C22H44N2O5Si2/c1-15-13-24(20(26)23-19(15)25)18-12-16(29-31(10,11)22(5,6)7)17(28-18)14-27-30(8,9)21(2,3)4/h15-18H,12-14H2,1-11H3,(H,23,25,26)/t15?,16-,17+,18+/m0/s1. The number of imide groups is 1. The summed E-state index contributed by atoms with van der Waals surface area (Å²) in [6, 6.07) is -0.384. The lowest BCUT2D eigenvalue weighted by Crippen LogP contribution is -2.57. The molecule has 7 nitrogen and oxygen atoms in total. The summed E-state index contributed by atoms with van der Waals surface area (Å²) in [7, 11) is -4.00. The number of urea groups is 1. The van der Waals surface area contributed by atoms with Gasteiger partial charge in [0.15, 0.2) is 16.6 Å². The Morgan fingerprint density at radius 3 is 2.10 bits per heavy atom. The number of hydrogen-bond acceptors (Lipinski definition) is 5. The molecule has 0 bridgehead atoms. The first kappa shape index (κ1) is 26.5. The third-order valence-electron chi connectivity index (χ3n) is 7.60. The molecule has 9 heteroatoms. The van der Waals surface area contributed by atoms with E-state index >= 15 is 0 Å². The van der Waals surface area contributed by atoms with Crippen LogP contribution in [0.25, 0.3) is 0 Å². The number of hydrogen-bond donors (Lipinski definition) is 1. The molecule has 2 aliphatic heterocycles. The second kappa shape index (κ2) is 8.89. The summed E-state index contributed by atoms with van der Waals surface area (Å²) in [5.74, 6) is -0.491. The lowest BCUT2D eigenvalue weighted by atomic mass is 10.1. The lowest BCUT2D eigenvalue weighted by Gasteiger charge is -2.40. The summed E-state index contributed by atoms with van der Waals surface area (Å²) in [5.41, 5.74) is 0. The number of carbonyl (C=O) groups excluding carboxylic acids is 2. The molecule has 4 atom stereocenters. The Balaban J connectivity index is 2.21. The molecule has 2 aliphatic rings. The zero-order valence-corrected chi connectivity index (χ0v) is 23.4. The Morgan fingerprint density at radius 1 is 1.03 bits per heavy atom. The van der Waals surface area contributed by atoms with E-state index in [9.17, 15) is 9.59 Å². The van der Waals surface area contributed by atoms with E-state index in [1.165, 1.54) is 0 Å². The molecule has 0 spiro atoms. The van der Waals surface area contributed by atoms with Crippen LogP contribution in [0.5, 0.6) is 0 Å². The lowest BCUT2D eigenvalue weighted by molar-refractivity contribution is -0.128. The maximum Gasteiger partial charge on any atom is 0.326 e. The van der Waals surface area contributed by atoms with Crippen LogP contribution >= 0.6 is 0 Å².